The summed E-state index contributed by atoms with van der Waals surface area (Å²) < 4.78 is 46.6. The molecular weight excluding hydrogens is 580 g/mol. The number of ether oxygens (including phenoxy) is 2. The van der Waals surface area contributed by atoms with Gasteiger partial charge in [-0.25, -0.2) is 8.78 Å². The molecule has 2 aromatic heterocycles. The van der Waals surface area contributed by atoms with Gasteiger partial charge in [0.2, 0.25) is 11.8 Å². The Balaban J connectivity index is 1.17. The maximum atomic E-state index is 13.9. The highest BCUT2D eigenvalue weighted by molar-refractivity contribution is 5.68. The number of likely N-dealkylation sites (N-methyl/N-ethyl adjacent to an activating group) is 1. The molecule has 8 rings (SSSR count). The average Bonchev–Trinajstić information content (AvgIpc) is 3.72. The molecule has 2 spiro atoms. The molecule has 0 radical (unpaired) electrons. The number of aromatic nitrogens is 3. The smallest absolute Gasteiger partial charge is 0.252 e. The van der Waals surface area contributed by atoms with Crippen LogP contribution in [0.1, 0.15) is 79.9 Å². The second-order valence-corrected chi connectivity index (χ2v) is 13.7. The fourth-order valence-corrected chi connectivity index (χ4v) is 8.69. The van der Waals surface area contributed by atoms with Crippen LogP contribution in [0.25, 0.3) is 11.5 Å². The largest absolute Gasteiger partial charge is 0.473 e. The third kappa shape index (κ3) is 4.41. The number of rotatable bonds is 6. The third-order valence-electron chi connectivity index (χ3n) is 11.0. The fourth-order valence-electron chi connectivity index (χ4n) is 8.69. The summed E-state index contributed by atoms with van der Waals surface area (Å²) in [6, 6.07) is 8.07. The summed E-state index contributed by atoms with van der Waals surface area (Å²) >= 11 is 0. The van der Waals surface area contributed by atoms with E-state index in [2.05, 4.69) is 28.5 Å². The highest BCUT2D eigenvalue weighted by Gasteiger charge is 2.65. The zero-order valence-corrected chi connectivity index (χ0v) is 25.5. The van der Waals surface area contributed by atoms with Crippen LogP contribution in [0.3, 0.4) is 0 Å². The standard InChI is InChI=1S/C33H37F2N7O3/c1-18(23-6-4-12-42(23)2)43-25-13-26(44-24-15-38-32(24)16-33(34,35)17-32)40-30(39-25)28-20-5-3-10-31(29(20)45-41-28)11-9-19-7-8-22(37)21(14-36)27(19)31/h7-8,13,18,23-24,38H,3-6,9-12,15-17,37H2,1-2H3/t18-,23-,24+,31-/m0/s1. The molecular formula is C33H37F2N7O3. The number of nitrogens with zero attached hydrogens (tertiary/aromatic N) is 5. The molecule has 10 nitrogen and oxygen atoms in total. The number of halogens is 2. The molecule has 0 amide bonds. The summed E-state index contributed by atoms with van der Waals surface area (Å²) in [5, 5.41) is 17.8. The summed E-state index contributed by atoms with van der Waals surface area (Å²) in [7, 11) is 2.10. The second kappa shape index (κ2) is 10.1. The third-order valence-corrected chi connectivity index (χ3v) is 11.0. The van der Waals surface area contributed by atoms with Crippen molar-refractivity contribution in [3.63, 3.8) is 0 Å². The van der Waals surface area contributed by atoms with E-state index >= 15 is 0 Å². The van der Waals surface area contributed by atoms with Crippen molar-refractivity contribution in [1.82, 2.24) is 25.3 Å². The van der Waals surface area contributed by atoms with Crippen LogP contribution >= 0.6 is 0 Å². The monoisotopic (exact) mass is 617 g/mol. The van der Waals surface area contributed by atoms with Gasteiger partial charge in [0.15, 0.2) is 17.3 Å². The van der Waals surface area contributed by atoms with Gasteiger partial charge in [-0.15, -0.1) is 0 Å². The summed E-state index contributed by atoms with van der Waals surface area (Å²) in [6.45, 7) is 3.51. The van der Waals surface area contributed by atoms with E-state index in [1.807, 2.05) is 19.1 Å². The maximum absolute atomic E-state index is 13.9. The number of hydrogen-bond acceptors (Lipinski definition) is 10. The van der Waals surface area contributed by atoms with Crippen LogP contribution in [0.2, 0.25) is 0 Å². The predicted molar refractivity (Wildman–Crippen MR) is 160 cm³/mol. The molecule has 1 saturated carbocycles. The van der Waals surface area contributed by atoms with Gasteiger partial charge < -0.3 is 25.0 Å². The number of fused-ring (bicyclic) bond motifs is 4. The molecule has 3 N–H and O–H groups in total. The SMILES string of the molecule is C[C@H](Oc1cc(O[C@@H]2CNC23CC(F)(F)C3)nc(-c2noc3c2CCC[C@@]32CCc3ccc(N)c(C#N)c32)n1)[C@@H]1CCCN1C. The Morgan fingerprint density at radius 1 is 1.18 bits per heavy atom. The van der Waals surface area contributed by atoms with E-state index in [1.54, 1.807) is 6.07 Å². The number of anilines is 1. The van der Waals surface area contributed by atoms with Gasteiger partial charge in [-0.2, -0.15) is 15.2 Å². The van der Waals surface area contributed by atoms with Gasteiger partial charge >= 0.3 is 0 Å². The molecule has 3 aliphatic carbocycles. The zero-order valence-electron chi connectivity index (χ0n) is 25.5. The number of likely N-dealkylation sites (tertiary alicyclic amines) is 1. The van der Waals surface area contributed by atoms with Gasteiger partial charge in [-0.1, -0.05) is 11.2 Å². The molecule has 236 valence electrons. The molecule has 3 aromatic rings. The minimum absolute atomic E-state index is 0.144. The van der Waals surface area contributed by atoms with Gasteiger partial charge in [-0.3, -0.25) is 4.90 Å². The van der Waals surface area contributed by atoms with Crippen LogP contribution in [0.4, 0.5) is 14.5 Å². The van der Waals surface area contributed by atoms with Crippen molar-refractivity contribution in [2.45, 2.75) is 99.8 Å². The number of alkyl halides is 2. The van der Waals surface area contributed by atoms with E-state index in [0.29, 0.717) is 41.6 Å². The topological polar surface area (TPSA) is 135 Å². The summed E-state index contributed by atoms with van der Waals surface area (Å²) in [6.07, 6.45) is 5.07. The zero-order chi connectivity index (χ0) is 31.1. The van der Waals surface area contributed by atoms with E-state index in [1.165, 1.54) is 0 Å². The van der Waals surface area contributed by atoms with E-state index < -0.39 is 23.0 Å². The first-order valence-electron chi connectivity index (χ1n) is 16.0. The maximum Gasteiger partial charge on any atom is 0.252 e. The molecule has 12 heteroatoms. The van der Waals surface area contributed by atoms with Crippen LogP contribution in [0, 0.1) is 11.3 Å². The number of hydrogen-bond donors (Lipinski definition) is 2. The molecule has 4 heterocycles. The number of nitriles is 1. The average molecular weight is 618 g/mol. The Labute approximate surface area is 260 Å². The van der Waals surface area contributed by atoms with Crippen LogP contribution in [-0.2, 0) is 18.3 Å². The Morgan fingerprint density at radius 2 is 2.00 bits per heavy atom. The molecule has 5 aliphatic rings. The molecule has 1 aromatic carbocycles. The number of nitrogens with two attached hydrogens (primary N) is 1. The van der Waals surface area contributed by atoms with Crippen molar-refractivity contribution in [2.24, 2.45) is 0 Å². The van der Waals surface area contributed by atoms with Gasteiger partial charge in [0.1, 0.15) is 18.3 Å². The number of nitrogen functional groups attached to an aromatic ring is 1. The number of aryl methyl sites for hydroxylation is 1. The predicted octanol–water partition coefficient (Wildman–Crippen LogP) is 4.53. The minimum Gasteiger partial charge on any atom is -0.473 e. The van der Waals surface area contributed by atoms with Crippen molar-refractivity contribution < 1.29 is 22.8 Å². The van der Waals surface area contributed by atoms with E-state index in [-0.39, 0.29) is 30.9 Å². The van der Waals surface area contributed by atoms with Gasteiger partial charge in [0.25, 0.3) is 5.92 Å². The van der Waals surface area contributed by atoms with Crippen molar-refractivity contribution in [3.05, 3.63) is 46.2 Å². The van der Waals surface area contributed by atoms with Gasteiger partial charge in [-0.05, 0) is 82.7 Å². The van der Waals surface area contributed by atoms with Crippen LogP contribution < -0.4 is 20.5 Å². The van der Waals surface area contributed by atoms with Crippen LogP contribution in [-0.4, -0.2) is 69.9 Å². The lowest BCUT2D eigenvalue weighted by Gasteiger charge is -2.58. The first-order valence-corrected chi connectivity index (χ1v) is 16.0. The van der Waals surface area contributed by atoms with E-state index in [4.69, 9.17) is 29.7 Å². The fraction of sp³-hybridized carbons (Fsp3) is 0.576. The van der Waals surface area contributed by atoms with Crippen LogP contribution in [0.5, 0.6) is 11.8 Å². The summed E-state index contributed by atoms with van der Waals surface area (Å²) in [4.78, 5) is 11.9. The molecule has 0 unspecified atom stereocenters. The molecule has 2 aliphatic heterocycles. The Kier molecular flexibility index (Phi) is 6.42. The number of benzene rings is 1. The van der Waals surface area contributed by atoms with Crippen molar-refractivity contribution in [2.75, 3.05) is 25.9 Å². The van der Waals surface area contributed by atoms with Gasteiger partial charge in [0.05, 0.1) is 22.6 Å². The molecule has 3 fully saturated rings. The lowest BCUT2D eigenvalue weighted by molar-refractivity contribution is -0.193. The van der Waals surface area contributed by atoms with E-state index in [0.717, 1.165) is 67.5 Å². The second-order valence-electron chi connectivity index (χ2n) is 13.7. The van der Waals surface area contributed by atoms with Gasteiger partial charge in [0, 0.05) is 36.7 Å². The molecule has 2 saturated heterocycles. The van der Waals surface area contributed by atoms with Crippen molar-refractivity contribution in [1.29, 1.82) is 5.26 Å². The lowest BCUT2D eigenvalue weighted by atomic mass is 9.65. The quantitative estimate of drug-likeness (QED) is 0.380. The minimum atomic E-state index is -2.69. The highest BCUT2D eigenvalue weighted by Crippen LogP contribution is 2.54. The number of nitrogens with one attached hydrogen (secondary N) is 1. The molecule has 4 atom stereocenters. The van der Waals surface area contributed by atoms with E-state index in [9.17, 15) is 14.0 Å². The normalized spacial score (nSPS) is 28.2. The van der Waals surface area contributed by atoms with Crippen LogP contribution in [0.15, 0.2) is 22.7 Å². The Hall–Kier alpha value is -3.82. The molecule has 45 heavy (non-hydrogen) atoms. The van der Waals surface area contributed by atoms with Crippen molar-refractivity contribution in [3.8, 4) is 29.3 Å². The first kappa shape index (κ1) is 28.6. The Bertz CT molecular complexity index is 1710. The highest BCUT2D eigenvalue weighted by atomic mass is 19.3. The summed E-state index contributed by atoms with van der Waals surface area (Å²) in [5.41, 5.74) is 9.49. The first-order chi connectivity index (χ1) is 21.6. The molecule has 0 bridgehead atoms. The lowest BCUT2D eigenvalue weighted by Crippen LogP contribution is -2.78. The Morgan fingerprint density at radius 3 is 2.71 bits per heavy atom. The summed E-state index contributed by atoms with van der Waals surface area (Å²) in [5.74, 6) is -1.04. The van der Waals surface area contributed by atoms with Crippen molar-refractivity contribution >= 4 is 5.69 Å².